The molecule has 14 heavy (non-hydrogen) atoms. The highest BCUT2D eigenvalue weighted by molar-refractivity contribution is 6.33. The predicted octanol–water partition coefficient (Wildman–Crippen LogP) is 1.52. The van der Waals surface area contributed by atoms with Gasteiger partial charge in [-0.2, -0.15) is 0 Å². The Morgan fingerprint density at radius 2 is 2.21 bits per heavy atom. The number of aromatic hydroxyl groups is 1. The molecule has 1 aromatic rings. The molecule has 0 unspecified atom stereocenters. The van der Waals surface area contributed by atoms with E-state index in [9.17, 15) is 20.0 Å². The van der Waals surface area contributed by atoms with Crippen LogP contribution in [0.1, 0.15) is 0 Å². The lowest BCUT2D eigenvalue weighted by molar-refractivity contribution is -0.384. The van der Waals surface area contributed by atoms with Gasteiger partial charge in [0.05, 0.1) is 16.7 Å². The number of hydrogen-bond acceptors (Lipinski definition) is 4. The van der Waals surface area contributed by atoms with Gasteiger partial charge in [0, 0.05) is 0 Å². The summed E-state index contributed by atoms with van der Waals surface area (Å²) in [6.45, 7) is 0. The Morgan fingerprint density at radius 3 is 2.71 bits per heavy atom. The Bertz CT molecular complexity index is 394. The van der Waals surface area contributed by atoms with Gasteiger partial charge in [0.1, 0.15) is 10.8 Å². The molecule has 0 atom stereocenters. The monoisotopic (exact) mass is 216 g/mol. The molecule has 6 nitrogen and oxygen atoms in total. The molecule has 0 aliphatic carbocycles. The van der Waals surface area contributed by atoms with E-state index in [1.165, 1.54) is 0 Å². The predicted molar refractivity (Wildman–Crippen MR) is 49.5 cm³/mol. The minimum atomic E-state index is -0.729. The van der Waals surface area contributed by atoms with Gasteiger partial charge < -0.3 is 10.4 Å². The zero-order chi connectivity index (χ0) is 10.7. The number of hydrogen-bond donors (Lipinski definition) is 2. The molecule has 0 bridgehead atoms. The number of nitro benzene ring substituents is 1. The highest BCUT2D eigenvalue weighted by atomic mass is 35.5. The van der Waals surface area contributed by atoms with Crippen molar-refractivity contribution < 1.29 is 14.8 Å². The molecule has 1 rings (SSSR count). The number of amides is 1. The lowest BCUT2D eigenvalue weighted by Gasteiger charge is -2.03. The van der Waals surface area contributed by atoms with Crippen LogP contribution in [-0.4, -0.2) is 16.4 Å². The number of phenols is 1. The number of halogens is 1. The fraction of sp³-hybridized carbons (Fsp3) is 0. The fourth-order valence-electron chi connectivity index (χ4n) is 0.870. The molecular formula is C7H5ClN2O4. The van der Waals surface area contributed by atoms with Crippen molar-refractivity contribution in [2.24, 2.45) is 0 Å². The maximum atomic E-state index is 10.4. The Kier molecular flexibility index (Phi) is 2.88. The molecule has 0 fully saturated rings. The van der Waals surface area contributed by atoms with Crippen molar-refractivity contribution in [3.05, 3.63) is 27.3 Å². The van der Waals surface area contributed by atoms with Crippen molar-refractivity contribution in [3.8, 4) is 5.75 Å². The van der Waals surface area contributed by atoms with Crippen LogP contribution in [0, 0.1) is 10.1 Å². The molecule has 0 aliphatic rings. The van der Waals surface area contributed by atoms with Crippen LogP contribution in [0.25, 0.3) is 0 Å². The molecule has 0 spiro atoms. The first-order valence-corrected chi connectivity index (χ1v) is 3.81. The summed E-state index contributed by atoms with van der Waals surface area (Å²) in [5.74, 6) is -0.409. The average Bonchev–Trinajstić information content (AvgIpc) is 2.10. The summed E-state index contributed by atoms with van der Waals surface area (Å²) in [4.78, 5) is 19.7. The van der Waals surface area contributed by atoms with Gasteiger partial charge >= 0.3 is 0 Å². The van der Waals surface area contributed by atoms with Gasteiger partial charge in [-0.25, -0.2) is 0 Å². The molecule has 0 aliphatic heterocycles. The van der Waals surface area contributed by atoms with Crippen molar-refractivity contribution in [1.82, 2.24) is 0 Å². The number of nitrogens with zero attached hydrogens (tertiary/aromatic N) is 1. The molecule has 1 amide bonds. The van der Waals surface area contributed by atoms with Crippen LogP contribution in [0.4, 0.5) is 11.4 Å². The molecule has 0 radical (unpaired) electrons. The van der Waals surface area contributed by atoms with E-state index in [1.807, 2.05) is 0 Å². The molecule has 1 aromatic carbocycles. The first kappa shape index (κ1) is 10.3. The van der Waals surface area contributed by atoms with Gasteiger partial charge in [-0.3, -0.25) is 14.9 Å². The number of carbonyl (C=O) groups is 1. The SMILES string of the molecule is O=CNc1cc(Cl)c([N+](=O)[O-])cc1O. The fourth-order valence-corrected chi connectivity index (χ4v) is 1.10. The van der Waals surface area contributed by atoms with Gasteiger partial charge in [0.25, 0.3) is 5.69 Å². The largest absolute Gasteiger partial charge is 0.506 e. The average molecular weight is 217 g/mol. The first-order valence-electron chi connectivity index (χ1n) is 3.43. The number of carbonyl (C=O) groups excluding carboxylic acids is 1. The Balaban J connectivity index is 3.23. The Morgan fingerprint density at radius 1 is 1.57 bits per heavy atom. The Hall–Kier alpha value is -1.82. The maximum Gasteiger partial charge on any atom is 0.291 e. The van der Waals surface area contributed by atoms with Crippen molar-refractivity contribution >= 4 is 29.4 Å². The topological polar surface area (TPSA) is 92.5 Å². The number of anilines is 1. The number of benzene rings is 1. The van der Waals surface area contributed by atoms with E-state index in [0.29, 0.717) is 6.41 Å². The smallest absolute Gasteiger partial charge is 0.291 e. The van der Waals surface area contributed by atoms with E-state index < -0.39 is 16.4 Å². The zero-order valence-electron chi connectivity index (χ0n) is 6.73. The summed E-state index contributed by atoms with van der Waals surface area (Å²) < 4.78 is 0. The van der Waals surface area contributed by atoms with Crippen LogP contribution in [-0.2, 0) is 4.79 Å². The van der Waals surface area contributed by atoms with Crippen molar-refractivity contribution in [1.29, 1.82) is 0 Å². The maximum absolute atomic E-state index is 10.4. The third-order valence-electron chi connectivity index (χ3n) is 1.48. The second-order valence-electron chi connectivity index (χ2n) is 2.34. The van der Waals surface area contributed by atoms with E-state index in [-0.39, 0.29) is 10.7 Å². The molecule has 74 valence electrons. The van der Waals surface area contributed by atoms with Gasteiger partial charge in [-0.15, -0.1) is 0 Å². The first-order chi connectivity index (χ1) is 6.56. The lowest BCUT2D eigenvalue weighted by Crippen LogP contribution is -1.96. The summed E-state index contributed by atoms with van der Waals surface area (Å²) in [6.07, 6.45) is 0.331. The standard InChI is InChI=1S/C7H5ClN2O4/c8-4-1-5(9-3-11)7(12)2-6(4)10(13)14/h1-3,12H,(H,9,11). The second kappa shape index (κ2) is 3.93. The minimum absolute atomic E-state index is 0.0237. The summed E-state index contributed by atoms with van der Waals surface area (Å²) in [5, 5.41) is 21.6. The third kappa shape index (κ3) is 1.91. The molecular weight excluding hydrogens is 212 g/mol. The van der Waals surface area contributed by atoms with Crippen molar-refractivity contribution in [2.45, 2.75) is 0 Å². The lowest BCUT2D eigenvalue weighted by atomic mass is 10.2. The Labute approximate surface area is 83.3 Å². The molecule has 0 saturated heterocycles. The van der Waals surface area contributed by atoms with Crippen molar-refractivity contribution in [2.75, 3.05) is 5.32 Å². The van der Waals surface area contributed by atoms with Crippen LogP contribution in [0.15, 0.2) is 12.1 Å². The van der Waals surface area contributed by atoms with Gasteiger partial charge in [-0.05, 0) is 6.07 Å². The van der Waals surface area contributed by atoms with Crippen LogP contribution in [0.3, 0.4) is 0 Å². The van der Waals surface area contributed by atoms with Crippen LogP contribution < -0.4 is 5.32 Å². The molecule has 0 aromatic heterocycles. The molecule has 0 saturated carbocycles. The van der Waals surface area contributed by atoms with E-state index in [0.717, 1.165) is 12.1 Å². The summed E-state index contributed by atoms with van der Waals surface area (Å²) in [5.41, 5.74) is -0.392. The number of nitro groups is 1. The molecule has 0 heterocycles. The minimum Gasteiger partial charge on any atom is -0.506 e. The van der Waals surface area contributed by atoms with Crippen LogP contribution in [0.5, 0.6) is 5.75 Å². The highest BCUT2D eigenvalue weighted by Gasteiger charge is 2.16. The zero-order valence-corrected chi connectivity index (χ0v) is 7.49. The summed E-state index contributed by atoms with van der Waals surface area (Å²) >= 11 is 5.52. The molecule has 7 heteroatoms. The summed E-state index contributed by atoms with van der Waals surface area (Å²) in [7, 11) is 0. The quantitative estimate of drug-likeness (QED) is 0.347. The van der Waals surface area contributed by atoms with Gasteiger partial charge in [0.15, 0.2) is 0 Å². The number of rotatable bonds is 3. The third-order valence-corrected chi connectivity index (χ3v) is 1.78. The van der Waals surface area contributed by atoms with E-state index >= 15 is 0 Å². The normalized spacial score (nSPS) is 9.50. The van der Waals surface area contributed by atoms with Crippen LogP contribution >= 0.6 is 11.6 Å². The number of phenolic OH excluding ortho intramolecular Hbond substituents is 1. The van der Waals surface area contributed by atoms with E-state index in [2.05, 4.69) is 5.32 Å². The van der Waals surface area contributed by atoms with Crippen LogP contribution in [0.2, 0.25) is 5.02 Å². The van der Waals surface area contributed by atoms with Crippen molar-refractivity contribution in [3.63, 3.8) is 0 Å². The van der Waals surface area contributed by atoms with E-state index in [1.54, 1.807) is 0 Å². The van der Waals surface area contributed by atoms with E-state index in [4.69, 9.17) is 11.6 Å². The summed E-state index contributed by atoms with van der Waals surface area (Å²) in [6, 6.07) is 1.97. The number of nitrogens with one attached hydrogen (secondary N) is 1. The highest BCUT2D eigenvalue weighted by Crippen LogP contribution is 2.34. The van der Waals surface area contributed by atoms with Gasteiger partial charge in [0.2, 0.25) is 6.41 Å². The van der Waals surface area contributed by atoms with Gasteiger partial charge in [-0.1, -0.05) is 11.6 Å². The second-order valence-corrected chi connectivity index (χ2v) is 2.75. The molecule has 2 N–H and O–H groups in total.